The molecule has 4 heteroatoms. The molecule has 0 aliphatic carbocycles. The van der Waals surface area contributed by atoms with E-state index in [0.29, 0.717) is 5.69 Å². The Morgan fingerprint density at radius 2 is 2.00 bits per heavy atom. The number of nitrogens with two attached hydrogens (primary N) is 1. The maximum Gasteiger partial charge on any atom is 0.0705 e. The molecule has 3 rings (SSSR count). The molecule has 4 nitrogen and oxygen atoms in total. The first-order valence-electron chi connectivity index (χ1n) is 5.81. The Morgan fingerprint density at radius 1 is 1.18 bits per heavy atom. The van der Waals surface area contributed by atoms with Gasteiger partial charge in [0, 0.05) is 24.2 Å². The largest absolute Gasteiger partial charge is 0.397 e. The highest BCUT2D eigenvalue weighted by Crippen LogP contribution is 2.22. The van der Waals surface area contributed by atoms with E-state index in [1.165, 1.54) is 5.69 Å². The zero-order valence-corrected chi connectivity index (χ0v) is 9.60. The maximum atomic E-state index is 5.76. The van der Waals surface area contributed by atoms with Crippen LogP contribution in [0, 0.1) is 0 Å². The Kier molecular flexibility index (Phi) is 2.57. The predicted octanol–water partition coefficient (Wildman–Crippen LogP) is 1.65. The number of anilines is 2. The van der Waals surface area contributed by atoms with Gasteiger partial charge < -0.3 is 15.4 Å². The Morgan fingerprint density at radius 3 is 2.82 bits per heavy atom. The number of nitrogen functional groups attached to an aromatic ring is 1. The molecule has 88 valence electrons. The average Bonchev–Trinajstić information content (AvgIpc) is 2.39. The van der Waals surface area contributed by atoms with Gasteiger partial charge in [-0.3, -0.25) is 4.98 Å². The Balaban J connectivity index is 1.99. The molecule has 2 aromatic rings. The smallest absolute Gasteiger partial charge is 0.0705 e. The molecule has 0 saturated carbocycles. The molecule has 1 aliphatic heterocycles. The predicted molar refractivity (Wildman–Crippen MR) is 69.2 cm³/mol. The van der Waals surface area contributed by atoms with Crippen molar-refractivity contribution in [2.75, 3.05) is 36.9 Å². The minimum absolute atomic E-state index is 0.705. The summed E-state index contributed by atoms with van der Waals surface area (Å²) in [5, 5.41) is 1.09. The van der Waals surface area contributed by atoms with Crippen molar-refractivity contribution in [1.29, 1.82) is 0 Å². The summed E-state index contributed by atoms with van der Waals surface area (Å²) in [5.74, 6) is 0. The molecule has 1 aromatic heterocycles. The van der Waals surface area contributed by atoms with Gasteiger partial charge in [0.2, 0.25) is 0 Å². The number of rotatable bonds is 1. The van der Waals surface area contributed by atoms with Crippen molar-refractivity contribution in [3.63, 3.8) is 0 Å². The fraction of sp³-hybridized carbons (Fsp3) is 0.308. The summed E-state index contributed by atoms with van der Waals surface area (Å²) in [6, 6.07) is 8.26. The van der Waals surface area contributed by atoms with Crippen molar-refractivity contribution in [2.24, 2.45) is 0 Å². The molecular formula is C13H15N3O. The summed E-state index contributed by atoms with van der Waals surface area (Å²) in [6.45, 7) is 3.49. The van der Waals surface area contributed by atoms with Gasteiger partial charge in [-0.2, -0.15) is 0 Å². The van der Waals surface area contributed by atoms with Gasteiger partial charge in [-0.05, 0) is 24.3 Å². The molecular weight excluding hydrogens is 214 g/mol. The van der Waals surface area contributed by atoms with Crippen LogP contribution in [-0.4, -0.2) is 31.3 Å². The number of aromatic nitrogens is 1. The lowest BCUT2D eigenvalue weighted by Gasteiger charge is -2.29. The number of morpholine rings is 1. The molecule has 1 aliphatic rings. The zero-order valence-electron chi connectivity index (χ0n) is 9.60. The second kappa shape index (κ2) is 4.22. The third-order valence-electron chi connectivity index (χ3n) is 3.06. The molecule has 0 atom stereocenters. The van der Waals surface area contributed by atoms with Gasteiger partial charge in [-0.1, -0.05) is 0 Å². The van der Waals surface area contributed by atoms with Crippen molar-refractivity contribution in [3.8, 4) is 0 Å². The SMILES string of the molecule is Nc1cnc2ccc(N3CCOCC3)cc2c1. The van der Waals surface area contributed by atoms with Crippen molar-refractivity contribution in [2.45, 2.75) is 0 Å². The van der Waals surface area contributed by atoms with Crippen LogP contribution in [0.25, 0.3) is 10.9 Å². The van der Waals surface area contributed by atoms with Gasteiger partial charge >= 0.3 is 0 Å². The van der Waals surface area contributed by atoms with Crippen LogP contribution >= 0.6 is 0 Å². The van der Waals surface area contributed by atoms with E-state index in [1.54, 1.807) is 6.20 Å². The minimum Gasteiger partial charge on any atom is -0.397 e. The van der Waals surface area contributed by atoms with E-state index in [0.717, 1.165) is 37.2 Å². The quantitative estimate of drug-likeness (QED) is 0.808. The van der Waals surface area contributed by atoms with Crippen LogP contribution in [0.1, 0.15) is 0 Å². The number of pyridine rings is 1. The number of nitrogens with zero attached hydrogens (tertiary/aromatic N) is 2. The first-order chi connectivity index (χ1) is 8.33. The number of hydrogen-bond donors (Lipinski definition) is 1. The number of hydrogen-bond acceptors (Lipinski definition) is 4. The summed E-state index contributed by atoms with van der Waals surface area (Å²) in [6.07, 6.45) is 1.69. The van der Waals surface area contributed by atoms with Gasteiger partial charge in [-0.25, -0.2) is 0 Å². The highest BCUT2D eigenvalue weighted by molar-refractivity contribution is 5.84. The van der Waals surface area contributed by atoms with Crippen molar-refractivity contribution < 1.29 is 4.74 Å². The molecule has 1 aromatic carbocycles. The molecule has 1 saturated heterocycles. The summed E-state index contributed by atoms with van der Waals surface area (Å²) in [5.41, 5.74) is 8.66. The van der Waals surface area contributed by atoms with Gasteiger partial charge in [0.1, 0.15) is 0 Å². The van der Waals surface area contributed by atoms with Crippen LogP contribution in [0.4, 0.5) is 11.4 Å². The Bertz CT molecular complexity index is 535. The average molecular weight is 229 g/mol. The lowest BCUT2D eigenvalue weighted by atomic mass is 10.1. The normalized spacial score (nSPS) is 16.4. The fourth-order valence-electron chi connectivity index (χ4n) is 2.15. The van der Waals surface area contributed by atoms with E-state index < -0.39 is 0 Å². The third kappa shape index (κ3) is 2.03. The lowest BCUT2D eigenvalue weighted by molar-refractivity contribution is 0.122. The summed E-state index contributed by atoms with van der Waals surface area (Å²) >= 11 is 0. The third-order valence-corrected chi connectivity index (χ3v) is 3.06. The van der Waals surface area contributed by atoms with Crippen LogP contribution in [0.5, 0.6) is 0 Å². The second-order valence-electron chi connectivity index (χ2n) is 4.25. The number of benzene rings is 1. The van der Waals surface area contributed by atoms with Gasteiger partial charge in [0.15, 0.2) is 0 Å². The first kappa shape index (κ1) is 10.4. The monoisotopic (exact) mass is 229 g/mol. The van der Waals surface area contributed by atoms with E-state index in [1.807, 2.05) is 12.1 Å². The summed E-state index contributed by atoms with van der Waals surface area (Å²) < 4.78 is 5.35. The molecule has 2 N–H and O–H groups in total. The molecule has 17 heavy (non-hydrogen) atoms. The van der Waals surface area contributed by atoms with E-state index in [4.69, 9.17) is 10.5 Å². The van der Waals surface area contributed by atoms with Crippen LogP contribution in [-0.2, 0) is 4.74 Å². The molecule has 0 amide bonds. The van der Waals surface area contributed by atoms with Gasteiger partial charge in [0.05, 0.1) is 30.6 Å². The lowest BCUT2D eigenvalue weighted by Crippen LogP contribution is -2.36. The number of fused-ring (bicyclic) bond motifs is 1. The van der Waals surface area contributed by atoms with Crippen LogP contribution in [0.15, 0.2) is 30.5 Å². The van der Waals surface area contributed by atoms with E-state index in [-0.39, 0.29) is 0 Å². The van der Waals surface area contributed by atoms with Crippen molar-refractivity contribution in [3.05, 3.63) is 30.5 Å². The molecule has 0 bridgehead atoms. The van der Waals surface area contributed by atoms with Crippen LogP contribution in [0.3, 0.4) is 0 Å². The fourth-order valence-corrected chi connectivity index (χ4v) is 2.15. The van der Waals surface area contributed by atoms with Crippen molar-refractivity contribution >= 4 is 22.3 Å². The topological polar surface area (TPSA) is 51.4 Å². The van der Waals surface area contributed by atoms with Gasteiger partial charge in [0.25, 0.3) is 0 Å². The molecule has 1 fully saturated rings. The van der Waals surface area contributed by atoms with Crippen LogP contribution in [0.2, 0.25) is 0 Å². The highest BCUT2D eigenvalue weighted by Gasteiger charge is 2.11. The minimum atomic E-state index is 0.705. The second-order valence-corrected chi connectivity index (χ2v) is 4.25. The van der Waals surface area contributed by atoms with Gasteiger partial charge in [-0.15, -0.1) is 0 Å². The summed E-state index contributed by atoms with van der Waals surface area (Å²) in [4.78, 5) is 6.62. The van der Waals surface area contributed by atoms with E-state index in [2.05, 4.69) is 22.0 Å². The Labute approximate surface area is 100.0 Å². The molecule has 0 unspecified atom stereocenters. The number of ether oxygens (including phenoxy) is 1. The Hall–Kier alpha value is -1.81. The standard InChI is InChI=1S/C13H15N3O/c14-11-7-10-8-12(1-2-13(10)15-9-11)16-3-5-17-6-4-16/h1-2,7-9H,3-6,14H2. The van der Waals surface area contributed by atoms with E-state index >= 15 is 0 Å². The summed E-state index contributed by atoms with van der Waals surface area (Å²) in [7, 11) is 0. The maximum absolute atomic E-state index is 5.76. The molecule has 2 heterocycles. The van der Waals surface area contributed by atoms with E-state index in [9.17, 15) is 0 Å². The highest BCUT2D eigenvalue weighted by atomic mass is 16.5. The van der Waals surface area contributed by atoms with Crippen LogP contribution < -0.4 is 10.6 Å². The molecule has 0 spiro atoms. The van der Waals surface area contributed by atoms with Crippen molar-refractivity contribution in [1.82, 2.24) is 4.98 Å². The zero-order chi connectivity index (χ0) is 11.7. The first-order valence-corrected chi connectivity index (χ1v) is 5.81. The molecule has 0 radical (unpaired) electrons.